The van der Waals surface area contributed by atoms with E-state index in [1.54, 1.807) is 18.4 Å². The molecule has 202 valence electrons. The van der Waals surface area contributed by atoms with E-state index in [1.807, 2.05) is 65.8 Å². The highest BCUT2D eigenvalue weighted by atomic mass is 16.4. The van der Waals surface area contributed by atoms with Gasteiger partial charge in [0.25, 0.3) is 5.56 Å². The van der Waals surface area contributed by atoms with Crippen molar-refractivity contribution >= 4 is 27.8 Å². The molecule has 3 aromatic heterocycles. The summed E-state index contributed by atoms with van der Waals surface area (Å²) in [6.45, 7) is 5.74. The number of piperidine rings is 1. The Labute approximate surface area is 230 Å². The number of hydrogen-bond acceptors (Lipinski definition) is 5. The van der Waals surface area contributed by atoms with Crippen LogP contribution >= 0.6 is 0 Å². The average Bonchev–Trinajstić information content (AvgIpc) is 3.39. The quantitative estimate of drug-likeness (QED) is 0.282. The Hall–Kier alpha value is -4.39. The Morgan fingerprint density at radius 1 is 0.925 bits per heavy atom. The SMILES string of the molecule is Cc1c(CCC(=O)N2C[C@H]3C[C@@H](C2)c2cccc(=O)n2C3)c(=O)oc2c(C)c3occ(-c4ccccc4)c3cc12. The number of carbonyl (C=O) groups excluding carboxylic acids is 1. The van der Waals surface area contributed by atoms with Crippen molar-refractivity contribution in [2.24, 2.45) is 5.92 Å². The van der Waals surface area contributed by atoms with Gasteiger partial charge in [-0.15, -0.1) is 0 Å². The van der Waals surface area contributed by atoms with Crippen LogP contribution in [0.5, 0.6) is 0 Å². The Morgan fingerprint density at radius 3 is 2.58 bits per heavy atom. The molecule has 2 aliphatic heterocycles. The van der Waals surface area contributed by atoms with E-state index in [2.05, 4.69) is 0 Å². The lowest BCUT2D eigenvalue weighted by atomic mass is 9.83. The fraction of sp³-hybridized carbons (Fsp3) is 0.303. The third-order valence-electron chi connectivity index (χ3n) is 8.85. The van der Waals surface area contributed by atoms with Gasteiger partial charge in [0, 0.05) is 71.2 Å². The monoisotopic (exact) mass is 534 g/mol. The number of hydrogen-bond donors (Lipinski definition) is 0. The molecule has 0 unspecified atom stereocenters. The zero-order valence-electron chi connectivity index (χ0n) is 22.6. The van der Waals surface area contributed by atoms with Crippen LogP contribution in [-0.4, -0.2) is 28.5 Å². The van der Waals surface area contributed by atoms with E-state index in [4.69, 9.17) is 8.83 Å². The lowest BCUT2D eigenvalue weighted by Gasteiger charge is -2.42. The van der Waals surface area contributed by atoms with E-state index >= 15 is 0 Å². The number of pyridine rings is 1. The van der Waals surface area contributed by atoms with Gasteiger partial charge in [-0.3, -0.25) is 9.59 Å². The highest BCUT2D eigenvalue weighted by Gasteiger charge is 2.36. The van der Waals surface area contributed by atoms with Crippen molar-refractivity contribution in [1.82, 2.24) is 9.47 Å². The maximum Gasteiger partial charge on any atom is 0.339 e. The molecule has 2 bridgehead atoms. The highest BCUT2D eigenvalue weighted by molar-refractivity contribution is 6.04. The molecule has 2 atom stereocenters. The van der Waals surface area contributed by atoms with Crippen molar-refractivity contribution in [2.45, 2.75) is 45.6 Å². The summed E-state index contributed by atoms with van der Waals surface area (Å²) in [5.74, 6) is 0.465. The smallest absolute Gasteiger partial charge is 0.339 e. The average molecular weight is 535 g/mol. The number of likely N-dealkylation sites (tertiary alicyclic amines) is 1. The van der Waals surface area contributed by atoms with Gasteiger partial charge in [-0.05, 0) is 55.9 Å². The molecule has 7 nitrogen and oxygen atoms in total. The van der Waals surface area contributed by atoms with Crippen LogP contribution in [0, 0.1) is 19.8 Å². The van der Waals surface area contributed by atoms with Gasteiger partial charge in [-0.1, -0.05) is 36.4 Å². The normalized spacial score (nSPS) is 18.3. The van der Waals surface area contributed by atoms with Crippen LogP contribution in [0.1, 0.15) is 41.1 Å². The van der Waals surface area contributed by atoms with Crippen LogP contribution < -0.4 is 11.2 Å². The largest absolute Gasteiger partial charge is 0.463 e. The first-order valence-electron chi connectivity index (χ1n) is 13.9. The first kappa shape index (κ1) is 24.6. The van der Waals surface area contributed by atoms with Crippen LogP contribution in [0.4, 0.5) is 0 Å². The van der Waals surface area contributed by atoms with Gasteiger partial charge in [-0.25, -0.2) is 4.79 Å². The number of aryl methyl sites for hydroxylation is 2. The Bertz CT molecular complexity index is 1910. The Morgan fingerprint density at radius 2 is 1.75 bits per heavy atom. The van der Waals surface area contributed by atoms with Crippen LogP contribution in [0.3, 0.4) is 0 Å². The summed E-state index contributed by atoms with van der Waals surface area (Å²) < 4.78 is 13.6. The molecule has 1 saturated heterocycles. The predicted molar refractivity (Wildman–Crippen MR) is 154 cm³/mol. The van der Waals surface area contributed by atoms with Gasteiger partial charge in [-0.2, -0.15) is 0 Å². The molecule has 7 heteroatoms. The predicted octanol–water partition coefficient (Wildman–Crippen LogP) is 5.56. The maximum absolute atomic E-state index is 13.4. The van der Waals surface area contributed by atoms with Crippen molar-refractivity contribution in [3.63, 3.8) is 0 Å². The molecule has 1 fully saturated rings. The molecule has 0 radical (unpaired) electrons. The first-order valence-corrected chi connectivity index (χ1v) is 13.9. The number of furan rings is 1. The minimum Gasteiger partial charge on any atom is -0.463 e. The summed E-state index contributed by atoms with van der Waals surface area (Å²) in [6, 6.07) is 17.5. The van der Waals surface area contributed by atoms with Crippen LogP contribution in [0.2, 0.25) is 0 Å². The fourth-order valence-corrected chi connectivity index (χ4v) is 6.82. The molecule has 1 amide bonds. The van der Waals surface area contributed by atoms with Crippen molar-refractivity contribution in [2.75, 3.05) is 13.1 Å². The molecule has 2 aliphatic rings. The molecule has 0 spiro atoms. The van der Waals surface area contributed by atoms with E-state index in [0.717, 1.165) is 45.1 Å². The summed E-state index contributed by atoms with van der Waals surface area (Å²) in [4.78, 5) is 40.8. The van der Waals surface area contributed by atoms with E-state index in [9.17, 15) is 14.4 Å². The lowest BCUT2D eigenvalue weighted by Crippen LogP contribution is -2.49. The molecule has 0 aliphatic carbocycles. The summed E-state index contributed by atoms with van der Waals surface area (Å²) in [5, 5.41) is 1.83. The van der Waals surface area contributed by atoms with E-state index in [0.29, 0.717) is 42.8 Å². The first-order chi connectivity index (χ1) is 19.4. The van der Waals surface area contributed by atoms with Crippen molar-refractivity contribution in [3.05, 3.63) is 104 Å². The number of rotatable bonds is 4. The van der Waals surface area contributed by atoms with Gasteiger partial charge >= 0.3 is 5.63 Å². The highest BCUT2D eigenvalue weighted by Crippen LogP contribution is 2.38. The minimum absolute atomic E-state index is 0.0318. The Kier molecular flexibility index (Phi) is 5.77. The molecular weight excluding hydrogens is 504 g/mol. The standard InChI is InChI=1S/C33H30N2O5/c1-19-24(11-12-29(36)34-15-21-13-23(17-34)28-9-6-10-30(37)35(28)16-21)33(38)40-32-20(2)31-26(14-25(19)32)27(18-39-31)22-7-4-3-5-8-22/h3-10,14,18,21,23H,11-13,15-17H2,1-2H3/t21-,23+/m1/s1. The van der Waals surface area contributed by atoms with Crippen LogP contribution in [0.25, 0.3) is 33.1 Å². The Balaban J connectivity index is 1.18. The molecule has 2 aromatic carbocycles. The summed E-state index contributed by atoms with van der Waals surface area (Å²) in [7, 11) is 0. The number of nitrogens with zero attached hydrogens (tertiary/aromatic N) is 2. The summed E-state index contributed by atoms with van der Waals surface area (Å²) in [5.41, 5.74) is 6.09. The molecule has 0 saturated carbocycles. The minimum atomic E-state index is -0.404. The van der Waals surface area contributed by atoms with E-state index in [1.165, 1.54) is 0 Å². The number of amides is 1. The second kappa shape index (κ2) is 9.37. The zero-order valence-corrected chi connectivity index (χ0v) is 22.6. The van der Waals surface area contributed by atoms with Gasteiger partial charge in [0.1, 0.15) is 11.2 Å². The van der Waals surface area contributed by atoms with E-state index in [-0.39, 0.29) is 29.7 Å². The summed E-state index contributed by atoms with van der Waals surface area (Å²) in [6.07, 6.45) is 3.30. The molecule has 5 heterocycles. The third-order valence-corrected chi connectivity index (χ3v) is 8.85. The van der Waals surface area contributed by atoms with Gasteiger partial charge in [0.15, 0.2) is 0 Å². The zero-order chi connectivity index (χ0) is 27.5. The second-order valence-electron chi connectivity index (χ2n) is 11.3. The molecule has 7 rings (SSSR count). The van der Waals surface area contributed by atoms with Crippen LogP contribution in [0.15, 0.2) is 79.3 Å². The second-order valence-corrected chi connectivity index (χ2v) is 11.3. The van der Waals surface area contributed by atoms with Gasteiger partial charge < -0.3 is 18.3 Å². The molecular formula is C33H30N2O5. The van der Waals surface area contributed by atoms with Crippen LogP contribution in [-0.2, 0) is 17.8 Å². The number of fused-ring (bicyclic) bond motifs is 6. The number of carbonyl (C=O) groups is 1. The molecule has 40 heavy (non-hydrogen) atoms. The van der Waals surface area contributed by atoms with E-state index < -0.39 is 5.63 Å². The van der Waals surface area contributed by atoms with Crippen molar-refractivity contribution < 1.29 is 13.6 Å². The molecule has 5 aromatic rings. The third kappa shape index (κ3) is 3.91. The van der Waals surface area contributed by atoms with Gasteiger partial charge in [0.2, 0.25) is 5.91 Å². The number of aromatic nitrogens is 1. The summed E-state index contributed by atoms with van der Waals surface area (Å²) >= 11 is 0. The van der Waals surface area contributed by atoms with Crippen molar-refractivity contribution in [3.8, 4) is 11.1 Å². The molecule has 0 N–H and O–H groups in total. The topological polar surface area (TPSA) is 85.7 Å². The number of benzene rings is 2. The lowest BCUT2D eigenvalue weighted by molar-refractivity contribution is -0.133. The van der Waals surface area contributed by atoms with Gasteiger partial charge in [0.05, 0.1) is 6.26 Å². The maximum atomic E-state index is 13.4. The fourth-order valence-electron chi connectivity index (χ4n) is 6.82. The van der Waals surface area contributed by atoms with Crippen molar-refractivity contribution in [1.29, 1.82) is 0 Å².